The summed E-state index contributed by atoms with van der Waals surface area (Å²) in [5.41, 5.74) is -0.711. The molecule has 2 aromatic carbocycles. The summed E-state index contributed by atoms with van der Waals surface area (Å²) in [7, 11) is -3.38. The van der Waals surface area contributed by atoms with Gasteiger partial charge < -0.3 is 0 Å². The summed E-state index contributed by atoms with van der Waals surface area (Å²) in [5, 5.41) is 10.5. The Balaban J connectivity index is 1.51. The van der Waals surface area contributed by atoms with E-state index in [4.69, 9.17) is 5.26 Å². The molecule has 0 aromatic heterocycles. The van der Waals surface area contributed by atoms with E-state index >= 15 is 0 Å². The van der Waals surface area contributed by atoms with Crippen LogP contribution >= 0.6 is 0 Å². The number of hydrogen-bond donors (Lipinski definition) is 0. The second-order valence-electron chi connectivity index (χ2n) is 10.0. The Hall–Kier alpha value is -2.37. The molecule has 1 saturated heterocycles. The lowest BCUT2D eigenvalue weighted by molar-refractivity contribution is -0.137. The summed E-state index contributed by atoms with van der Waals surface area (Å²) >= 11 is 0. The van der Waals surface area contributed by atoms with Gasteiger partial charge in [-0.1, -0.05) is 60.8 Å². The van der Waals surface area contributed by atoms with Crippen LogP contribution in [0.5, 0.6) is 0 Å². The molecule has 3 aliphatic rings. The third kappa shape index (κ3) is 3.08. The van der Waals surface area contributed by atoms with Crippen LogP contribution in [0.4, 0.5) is 18.9 Å². The molecular formula is C25H25F3N2OSSi. The number of allylic oxidation sites excluding steroid dienone is 2. The quantitative estimate of drug-likeness (QED) is 0.440. The van der Waals surface area contributed by atoms with E-state index in [-0.39, 0.29) is 23.4 Å². The first-order valence-electron chi connectivity index (χ1n) is 11.1. The first kappa shape index (κ1) is 22.4. The van der Waals surface area contributed by atoms with Crippen LogP contribution in [0.2, 0.25) is 18.6 Å². The zero-order valence-corrected chi connectivity index (χ0v) is 20.5. The molecule has 5 rings (SSSR count). The Morgan fingerprint density at radius 3 is 2.45 bits per heavy atom. The van der Waals surface area contributed by atoms with Crippen LogP contribution in [-0.2, 0) is 17.2 Å². The van der Waals surface area contributed by atoms with Crippen molar-refractivity contribution in [3.05, 3.63) is 71.8 Å². The van der Waals surface area contributed by atoms with Crippen molar-refractivity contribution in [2.24, 2.45) is 17.8 Å². The topological polar surface area (TPSA) is 44.1 Å². The molecule has 8 heteroatoms. The Morgan fingerprint density at radius 2 is 1.85 bits per heavy atom. The van der Waals surface area contributed by atoms with Crippen molar-refractivity contribution < 1.29 is 17.4 Å². The van der Waals surface area contributed by atoms with Crippen molar-refractivity contribution in [2.45, 2.75) is 36.5 Å². The highest BCUT2D eigenvalue weighted by Crippen LogP contribution is 2.65. The number of halogens is 3. The molecule has 0 amide bonds. The van der Waals surface area contributed by atoms with Gasteiger partial charge in [-0.25, -0.2) is 4.21 Å². The summed E-state index contributed by atoms with van der Waals surface area (Å²) in [6.45, 7) is 7.26. The molecule has 0 radical (unpaired) electrons. The normalized spacial score (nSPS) is 32.8. The standard InChI is InChI=1S/C25H25F3N2OSSi/c1-24-20-12-11-19(23(20)33(2,3)18-7-5-4-6-8-18)22(24)15-30(32(24)31)17-10-9-16(14-29)21(13-17)25(26,27)28/h4-13,19-20,22-23H,15H2,1-3H3/t19-,20-,22+,23?,24-,32?/m1/s1. The van der Waals surface area contributed by atoms with Crippen molar-refractivity contribution >= 4 is 29.9 Å². The van der Waals surface area contributed by atoms with E-state index in [1.54, 1.807) is 10.4 Å². The first-order chi connectivity index (χ1) is 15.5. The molecule has 0 N–H and O–H groups in total. The Morgan fingerprint density at radius 1 is 1.15 bits per heavy atom. The van der Waals surface area contributed by atoms with Gasteiger partial charge >= 0.3 is 6.18 Å². The summed E-state index contributed by atoms with van der Waals surface area (Å²) in [5.74, 6) is 0.496. The monoisotopic (exact) mass is 486 g/mol. The SMILES string of the molecule is C[C@@]12[C@@H]3C=C[C@@H](C3[Si](C)(C)c3ccccc3)[C@@H]1CN(c1ccc(C#N)c(C(F)(F)F)c1)S2=O. The fourth-order valence-corrected chi connectivity index (χ4v) is 12.8. The second-order valence-corrected chi connectivity index (χ2v) is 16.5. The van der Waals surface area contributed by atoms with Gasteiger partial charge in [0.1, 0.15) is 11.0 Å². The van der Waals surface area contributed by atoms with E-state index in [1.165, 1.54) is 17.3 Å². The Labute approximate surface area is 195 Å². The predicted octanol–water partition coefficient (Wildman–Crippen LogP) is 5.24. The number of fused-ring (bicyclic) bond motifs is 5. The van der Waals surface area contributed by atoms with Crippen molar-refractivity contribution in [2.75, 3.05) is 10.8 Å². The van der Waals surface area contributed by atoms with Gasteiger partial charge in [0.05, 0.1) is 30.0 Å². The van der Waals surface area contributed by atoms with Gasteiger partial charge in [0.15, 0.2) is 0 Å². The van der Waals surface area contributed by atoms with Gasteiger partial charge in [-0.3, -0.25) is 4.31 Å². The summed E-state index contributed by atoms with van der Waals surface area (Å²) in [6, 6.07) is 15.8. The minimum absolute atomic E-state index is 0.110. The molecule has 1 heterocycles. The van der Waals surface area contributed by atoms with Crippen LogP contribution in [0, 0.1) is 29.1 Å². The van der Waals surface area contributed by atoms with Gasteiger partial charge in [-0.15, -0.1) is 0 Å². The van der Waals surface area contributed by atoms with Crippen LogP contribution < -0.4 is 9.49 Å². The maximum absolute atomic E-state index is 13.9. The zero-order chi connectivity index (χ0) is 23.8. The summed E-state index contributed by atoms with van der Waals surface area (Å²) < 4.78 is 55.6. The van der Waals surface area contributed by atoms with Crippen molar-refractivity contribution in [3.8, 4) is 6.07 Å². The third-order valence-corrected chi connectivity index (χ3v) is 14.5. The highest BCUT2D eigenvalue weighted by Gasteiger charge is 2.69. The van der Waals surface area contributed by atoms with Crippen molar-refractivity contribution in [1.29, 1.82) is 5.26 Å². The van der Waals surface area contributed by atoms with Crippen molar-refractivity contribution in [3.63, 3.8) is 0 Å². The van der Waals surface area contributed by atoms with Crippen molar-refractivity contribution in [1.82, 2.24) is 0 Å². The lowest BCUT2D eigenvalue weighted by atomic mass is 9.83. The molecule has 2 aromatic rings. The average molecular weight is 487 g/mol. The van der Waals surface area contributed by atoms with Gasteiger partial charge in [-0.2, -0.15) is 18.4 Å². The minimum atomic E-state index is -4.64. The molecule has 172 valence electrons. The van der Waals surface area contributed by atoms with Gasteiger partial charge in [-0.05, 0) is 42.5 Å². The van der Waals surface area contributed by atoms with Gasteiger partial charge in [0.25, 0.3) is 0 Å². The van der Waals surface area contributed by atoms with E-state index in [2.05, 4.69) is 56.4 Å². The molecule has 2 fully saturated rings. The van der Waals surface area contributed by atoms with Crippen LogP contribution in [0.15, 0.2) is 60.7 Å². The average Bonchev–Trinajstić information content (AvgIpc) is 3.41. The maximum Gasteiger partial charge on any atom is 0.417 e. The zero-order valence-electron chi connectivity index (χ0n) is 18.6. The van der Waals surface area contributed by atoms with Crippen LogP contribution in [-0.4, -0.2) is 23.6 Å². The highest BCUT2D eigenvalue weighted by atomic mass is 32.2. The first-order valence-corrected chi connectivity index (χ1v) is 15.2. The number of nitrogens with zero attached hydrogens (tertiary/aromatic N) is 2. The summed E-state index contributed by atoms with van der Waals surface area (Å²) in [6.07, 6.45) is -0.163. The third-order valence-electron chi connectivity index (χ3n) is 8.21. The smallest absolute Gasteiger partial charge is 0.291 e. The molecule has 3 nitrogen and oxygen atoms in total. The largest absolute Gasteiger partial charge is 0.417 e. The van der Waals surface area contributed by atoms with Crippen LogP contribution in [0.1, 0.15) is 18.1 Å². The second kappa shape index (κ2) is 7.31. The molecule has 2 unspecified atom stereocenters. The molecule has 1 aliphatic heterocycles. The van der Waals surface area contributed by atoms with Gasteiger partial charge in [0, 0.05) is 18.2 Å². The van der Waals surface area contributed by atoms with E-state index in [1.807, 2.05) is 6.07 Å². The predicted molar refractivity (Wildman–Crippen MR) is 127 cm³/mol. The number of anilines is 1. The van der Waals surface area contributed by atoms with Crippen LogP contribution in [0.3, 0.4) is 0 Å². The fourth-order valence-electron chi connectivity index (χ4n) is 6.53. The van der Waals surface area contributed by atoms with E-state index in [9.17, 15) is 17.4 Å². The number of rotatable bonds is 3. The molecule has 2 aliphatic carbocycles. The molecule has 2 bridgehead atoms. The van der Waals surface area contributed by atoms with E-state index in [0.29, 0.717) is 12.1 Å². The fraction of sp³-hybridized carbons (Fsp3) is 0.400. The summed E-state index contributed by atoms with van der Waals surface area (Å²) in [4.78, 5) is 0. The molecule has 33 heavy (non-hydrogen) atoms. The Bertz CT molecular complexity index is 1210. The maximum atomic E-state index is 13.9. The molecule has 0 spiro atoms. The van der Waals surface area contributed by atoms with Crippen LogP contribution in [0.25, 0.3) is 0 Å². The number of nitriles is 1. The molecule has 6 atom stereocenters. The highest BCUT2D eigenvalue weighted by molar-refractivity contribution is 7.88. The molecular weight excluding hydrogens is 461 g/mol. The Kier molecular flexibility index (Phi) is 4.97. The van der Waals surface area contributed by atoms with E-state index < -0.39 is 41.1 Å². The number of alkyl halides is 3. The number of hydrogen-bond acceptors (Lipinski definition) is 2. The lowest BCUT2D eigenvalue weighted by Crippen LogP contribution is -2.50. The molecule has 1 saturated carbocycles. The minimum Gasteiger partial charge on any atom is -0.291 e. The van der Waals surface area contributed by atoms with E-state index in [0.717, 1.165) is 6.07 Å². The van der Waals surface area contributed by atoms with Gasteiger partial charge in [0.2, 0.25) is 0 Å². The number of benzene rings is 2. The lowest BCUT2D eigenvalue weighted by Gasteiger charge is -2.37.